The van der Waals surface area contributed by atoms with Gasteiger partial charge < -0.3 is 40.9 Å². The topological polar surface area (TPSA) is 202 Å². The Hall–Kier alpha value is -3.26. The smallest absolute Gasteiger partial charge is 0.317 e. The number of carboxylic acid groups (broad SMARTS) is 2. The second-order valence-electron chi connectivity index (χ2n) is 8.34. The predicted molar refractivity (Wildman–Crippen MR) is 126 cm³/mol. The molecule has 0 aromatic heterocycles. The molecule has 2 rings (SSSR count). The van der Waals surface area contributed by atoms with Gasteiger partial charge in [-0.25, -0.2) is 0 Å². The van der Waals surface area contributed by atoms with Crippen molar-refractivity contribution in [3.8, 4) is 11.5 Å². The molecule has 0 amide bonds. The van der Waals surface area contributed by atoms with Crippen LogP contribution in [0, 0.1) is 0 Å². The van der Waals surface area contributed by atoms with E-state index < -0.39 is 50.3 Å². The molecule has 0 saturated heterocycles. The van der Waals surface area contributed by atoms with E-state index in [1.54, 1.807) is 6.07 Å². The summed E-state index contributed by atoms with van der Waals surface area (Å²) in [7, 11) is 0. The maximum atomic E-state index is 11.6. The van der Waals surface area contributed by atoms with Crippen molar-refractivity contribution in [2.45, 2.75) is 38.4 Å². The number of hydrogen-bond acceptors (Lipinski definition) is 10. The van der Waals surface area contributed by atoms with Gasteiger partial charge in [-0.15, -0.1) is 0 Å². The highest BCUT2D eigenvalue weighted by Gasteiger charge is 2.34. The third-order valence-corrected chi connectivity index (χ3v) is 5.84. The number of nitrogens with zero attached hydrogens (tertiary/aromatic N) is 2. The number of phenols is 2. The summed E-state index contributed by atoms with van der Waals surface area (Å²) in [5, 5.41) is 78.7. The number of benzene rings is 2. The molecule has 0 aliphatic rings. The van der Waals surface area contributed by atoms with Crippen LogP contribution < -0.4 is 0 Å². The van der Waals surface area contributed by atoms with Crippen molar-refractivity contribution >= 4 is 11.9 Å². The number of carboxylic acids is 2. The Morgan fingerprint density at radius 2 is 1.14 bits per heavy atom. The van der Waals surface area contributed by atoms with Crippen LogP contribution in [0.2, 0.25) is 0 Å². The van der Waals surface area contributed by atoms with Gasteiger partial charge in [0.1, 0.15) is 11.5 Å². The van der Waals surface area contributed by atoms with E-state index in [4.69, 9.17) is 0 Å². The predicted octanol–water partition coefficient (Wildman–Crippen LogP) is -0.722. The lowest BCUT2D eigenvalue weighted by atomic mass is 10.0. The quantitative estimate of drug-likeness (QED) is 0.150. The molecule has 0 heterocycles. The molecular formula is C24H32N2O10. The lowest BCUT2D eigenvalue weighted by molar-refractivity contribution is -0.143. The molecular weight excluding hydrogens is 476 g/mol. The fourth-order valence-electron chi connectivity index (χ4n) is 4.03. The highest BCUT2D eigenvalue weighted by Crippen LogP contribution is 2.26. The maximum Gasteiger partial charge on any atom is 0.317 e. The summed E-state index contributed by atoms with van der Waals surface area (Å²) in [4.78, 5) is 25.8. The lowest BCUT2D eigenvalue weighted by Crippen LogP contribution is -2.56. The first kappa shape index (κ1) is 29.0. The summed E-state index contributed by atoms with van der Waals surface area (Å²) in [6, 6.07) is 6.47. The van der Waals surface area contributed by atoms with E-state index in [-0.39, 0.29) is 43.4 Å². The van der Waals surface area contributed by atoms with Gasteiger partial charge in [0.2, 0.25) is 0 Å². The maximum absolute atomic E-state index is 11.6. The van der Waals surface area contributed by atoms with Crippen molar-refractivity contribution in [1.29, 1.82) is 0 Å². The lowest BCUT2D eigenvalue weighted by Gasteiger charge is -2.40. The van der Waals surface area contributed by atoms with Crippen LogP contribution >= 0.6 is 0 Å². The molecule has 0 aliphatic carbocycles. The van der Waals surface area contributed by atoms with Crippen molar-refractivity contribution in [3.63, 3.8) is 0 Å². The monoisotopic (exact) mass is 508 g/mol. The minimum absolute atomic E-state index is 0.169. The molecule has 2 aromatic rings. The Morgan fingerprint density at radius 3 is 1.58 bits per heavy atom. The van der Waals surface area contributed by atoms with Gasteiger partial charge in [0.05, 0.1) is 51.6 Å². The molecule has 0 saturated carbocycles. The minimum Gasteiger partial charge on any atom is -0.508 e. The summed E-state index contributed by atoms with van der Waals surface area (Å²) in [6.07, 6.45) is 0. The Balaban J connectivity index is 2.44. The van der Waals surface area contributed by atoms with Gasteiger partial charge in [-0.1, -0.05) is 18.2 Å². The van der Waals surface area contributed by atoms with Crippen LogP contribution in [0.1, 0.15) is 22.3 Å². The SMILES string of the molecule is O=C(O)CN(Cc1cc(CO)ccc1O)C(CO)[C@@H](CO)N(CC(=O)O)Cc1ccc(CO)cc1O. The summed E-state index contributed by atoms with van der Waals surface area (Å²) in [5.41, 5.74) is 1.46. The number of aliphatic hydroxyl groups is 4. The van der Waals surface area contributed by atoms with E-state index in [0.717, 1.165) is 0 Å². The van der Waals surface area contributed by atoms with Crippen LogP contribution in [-0.4, -0.2) is 101 Å². The van der Waals surface area contributed by atoms with Gasteiger partial charge in [-0.05, 0) is 29.3 Å². The normalized spacial score (nSPS) is 13.2. The zero-order valence-corrected chi connectivity index (χ0v) is 19.6. The van der Waals surface area contributed by atoms with Gasteiger partial charge in [-0.2, -0.15) is 0 Å². The fourth-order valence-corrected chi connectivity index (χ4v) is 4.03. The van der Waals surface area contributed by atoms with E-state index in [0.29, 0.717) is 16.7 Å². The van der Waals surface area contributed by atoms with Gasteiger partial charge in [0.25, 0.3) is 0 Å². The number of aliphatic carboxylic acids is 2. The van der Waals surface area contributed by atoms with Crippen molar-refractivity contribution in [3.05, 3.63) is 58.7 Å². The molecule has 12 nitrogen and oxygen atoms in total. The van der Waals surface area contributed by atoms with Crippen LogP contribution in [0.5, 0.6) is 11.5 Å². The number of carbonyl (C=O) groups is 2. The summed E-state index contributed by atoms with van der Waals surface area (Å²) in [6.45, 7) is -3.52. The Bertz CT molecular complexity index is 1030. The van der Waals surface area contributed by atoms with Crippen LogP contribution in [-0.2, 0) is 35.9 Å². The molecule has 12 heteroatoms. The minimum atomic E-state index is -1.26. The first-order chi connectivity index (χ1) is 17.1. The number of aromatic hydroxyl groups is 2. The molecule has 2 aromatic carbocycles. The van der Waals surface area contributed by atoms with E-state index >= 15 is 0 Å². The van der Waals surface area contributed by atoms with Crippen molar-refractivity contribution in [1.82, 2.24) is 9.80 Å². The molecule has 0 radical (unpaired) electrons. The summed E-state index contributed by atoms with van der Waals surface area (Å²) in [5.74, 6) is -2.89. The first-order valence-corrected chi connectivity index (χ1v) is 11.1. The molecule has 2 atom stereocenters. The second kappa shape index (κ2) is 13.7. The molecule has 0 aliphatic heterocycles. The third-order valence-electron chi connectivity index (χ3n) is 5.84. The average Bonchev–Trinajstić information content (AvgIpc) is 2.83. The number of aliphatic hydroxyl groups excluding tert-OH is 4. The molecule has 36 heavy (non-hydrogen) atoms. The Labute approximate surface area is 207 Å². The van der Waals surface area contributed by atoms with Crippen LogP contribution in [0.3, 0.4) is 0 Å². The molecule has 0 bridgehead atoms. The molecule has 8 N–H and O–H groups in total. The van der Waals surface area contributed by atoms with Crippen LogP contribution in [0.15, 0.2) is 36.4 Å². The van der Waals surface area contributed by atoms with Gasteiger partial charge >= 0.3 is 11.9 Å². The van der Waals surface area contributed by atoms with Crippen molar-refractivity contribution in [2.75, 3.05) is 26.3 Å². The third kappa shape index (κ3) is 7.88. The van der Waals surface area contributed by atoms with E-state index in [9.17, 15) is 50.4 Å². The fraction of sp³-hybridized carbons (Fsp3) is 0.417. The van der Waals surface area contributed by atoms with Crippen LogP contribution in [0.4, 0.5) is 0 Å². The van der Waals surface area contributed by atoms with Gasteiger partial charge in [0.15, 0.2) is 0 Å². The summed E-state index contributed by atoms with van der Waals surface area (Å²) < 4.78 is 0. The summed E-state index contributed by atoms with van der Waals surface area (Å²) >= 11 is 0. The molecule has 0 spiro atoms. The van der Waals surface area contributed by atoms with Gasteiger partial charge in [-0.3, -0.25) is 19.4 Å². The zero-order chi connectivity index (χ0) is 26.8. The average molecular weight is 509 g/mol. The Morgan fingerprint density at radius 1 is 0.667 bits per heavy atom. The highest BCUT2D eigenvalue weighted by atomic mass is 16.4. The van der Waals surface area contributed by atoms with Crippen molar-refractivity contribution < 1.29 is 50.4 Å². The van der Waals surface area contributed by atoms with E-state index in [1.165, 1.54) is 40.1 Å². The zero-order valence-electron chi connectivity index (χ0n) is 19.6. The number of hydrogen-bond donors (Lipinski definition) is 8. The molecule has 1 unspecified atom stereocenters. The second-order valence-corrected chi connectivity index (χ2v) is 8.34. The highest BCUT2D eigenvalue weighted by molar-refractivity contribution is 5.69. The van der Waals surface area contributed by atoms with Gasteiger partial charge in [0, 0.05) is 24.2 Å². The van der Waals surface area contributed by atoms with Crippen LogP contribution in [0.25, 0.3) is 0 Å². The number of phenolic OH excluding ortho intramolecular Hbond substituents is 2. The first-order valence-electron chi connectivity index (χ1n) is 11.1. The Kier molecular flexibility index (Phi) is 11.0. The van der Waals surface area contributed by atoms with Crippen molar-refractivity contribution in [2.24, 2.45) is 0 Å². The van der Waals surface area contributed by atoms with E-state index in [1.807, 2.05) is 0 Å². The molecule has 0 fully saturated rings. The number of rotatable bonds is 15. The largest absolute Gasteiger partial charge is 0.508 e. The standard InChI is InChI=1S/C24H32N2O10/c27-11-15-2-4-21(31)18(5-15)8-26(10-24(35)36)20(14-30)19(13-29)25(9-23(33)34)7-17-3-1-16(12-28)6-22(17)32/h1-6,19-20,27-32H,7-14H2,(H,33,34)(H,35,36)/t19-,20?/m1/s1. The molecule has 198 valence electrons. The van der Waals surface area contributed by atoms with E-state index in [2.05, 4.69) is 0 Å².